The van der Waals surface area contributed by atoms with Crippen LogP contribution in [-0.4, -0.2) is 65.8 Å². The molecule has 0 aliphatic rings. The Morgan fingerprint density at radius 2 is 0.667 bits per heavy atom. The summed E-state index contributed by atoms with van der Waals surface area (Å²) in [5.74, 6) is -80.7. The third kappa shape index (κ3) is 4.03. The molecule has 22 heteroatoms. The van der Waals surface area contributed by atoms with Gasteiger partial charge < -0.3 is 4.79 Å². The minimum atomic E-state index is -9.19. The summed E-state index contributed by atoms with van der Waals surface area (Å²) in [6, 6.07) is 0. The zero-order valence-electron chi connectivity index (χ0n) is 16.2. The molecule has 1 unspecified atom stereocenters. The van der Waals surface area contributed by atoms with E-state index in [2.05, 4.69) is 0 Å². The lowest BCUT2D eigenvalue weighted by Crippen LogP contribution is -2.77. The van der Waals surface area contributed by atoms with Crippen LogP contribution in [0.2, 0.25) is 0 Å². The van der Waals surface area contributed by atoms with E-state index in [4.69, 9.17) is 0 Å². The molecule has 0 spiro atoms. The highest BCUT2D eigenvalue weighted by Gasteiger charge is 2.97. The molecule has 0 aromatic carbocycles. The Morgan fingerprint density at radius 3 is 0.889 bits per heavy atom. The molecule has 1 nitrogen and oxygen atoms in total. The minimum Gasteiger partial charge on any atom is -0.303 e. The van der Waals surface area contributed by atoms with Crippen LogP contribution in [0.3, 0.4) is 0 Å². The molecule has 36 heavy (non-hydrogen) atoms. The van der Waals surface area contributed by atoms with Gasteiger partial charge in [-0.25, -0.2) is 0 Å². The molecule has 0 heterocycles. The number of carbonyl (C=O) groups is 1. The van der Waals surface area contributed by atoms with Crippen LogP contribution in [0.4, 0.5) is 92.2 Å². The molecule has 0 bridgehead atoms. The lowest BCUT2D eigenvalue weighted by Gasteiger charge is -2.45. The van der Waals surface area contributed by atoms with E-state index in [0.717, 1.165) is 0 Å². The van der Waals surface area contributed by atoms with Gasteiger partial charge >= 0.3 is 59.5 Å². The van der Waals surface area contributed by atoms with Crippen LogP contribution in [0.5, 0.6) is 0 Å². The highest BCUT2D eigenvalue weighted by molar-refractivity contribution is 5.50. The lowest BCUT2D eigenvalue weighted by molar-refractivity contribution is -0.475. The highest BCUT2D eigenvalue weighted by atomic mass is 19.4. The predicted molar refractivity (Wildman–Crippen MR) is 70.4 cm³/mol. The zero-order valence-corrected chi connectivity index (χ0v) is 16.2. The molecule has 0 N–H and O–H groups in total. The predicted octanol–water partition coefficient (Wildman–Crippen LogP) is 7.49. The maximum atomic E-state index is 13.6. The maximum Gasteiger partial charge on any atom is 0.460 e. The molecule has 0 aromatic rings. The number of aldehydes is 1. The molecule has 0 fully saturated rings. The van der Waals surface area contributed by atoms with Gasteiger partial charge in [0.25, 0.3) is 0 Å². The van der Waals surface area contributed by atoms with Gasteiger partial charge in [0.2, 0.25) is 0 Å². The summed E-state index contributed by atoms with van der Waals surface area (Å²) in [6.45, 7) is -0.294. The first-order chi connectivity index (χ1) is 15.2. The van der Waals surface area contributed by atoms with E-state index < -0.39 is 78.1 Å². The van der Waals surface area contributed by atoms with E-state index in [1.807, 2.05) is 0 Å². The van der Waals surface area contributed by atoms with Gasteiger partial charge in [0, 0.05) is 12.3 Å². The second-order valence-electron chi connectivity index (χ2n) is 7.02. The van der Waals surface area contributed by atoms with Crippen molar-refractivity contribution >= 4 is 6.29 Å². The summed E-state index contributed by atoms with van der Waals surface area (Å²) in [5.41, 5.74) is 0. The molecule has 0 aliphatic carbocycles. The maximum absolute atomic E-state index is 13.6. The number of rotatable bonds is 11. The van der Waals surface area contributed by atoms with Crippen LogP contribution in [0.15, 0.2) is 0 Å². The summed E-state index contributed by atoms with van der Waals surface area (Å²) in [4.78, 5) is 10.1. The van der Waals surface area contributed by atoms with Gasteiger partial charge in [-0.3, -0.25) is 0 Å². The van der Waals surface area contributed by atoms with Crippen molar-refractivity contribution in [3.63, 3.8) is 0 Å². The zero-order chi connectivity index (χ0) is 30.0. The second kappa shape index (κ2) is 8.62. The molecule has 0 rings (SSSR count). The molecular formula is C14H7F21O. The van der Waals surface area contributed by atoms with Crippen molar-refractivity contribution in [1.29, 1.82) is 0 Å². The lowest BCUT2D eigenvalue weighted by atomic mass is 9.83. The molecule has 0 aromatic heterocycles. The Balaban J connectivity index is 7.08. The smallest absolute Gasteiger partial charge is 0.303 e. The Morgan fingerprint density at radius 1 is 0.444 bits per heavy atom. The van der Waals surface area contributed by atoms with E-state index in [1.165, 1.54) is 0 Å². The SMILES string of the molecule is CC(CC=O)C(F)(F)C(F)(F)C(F)(F)C(F)(F)C(F)(F)C(F)(F)C(F)(F)C(F)(F)C(F)(F)C(F)(F)F. The third-order valence-electron chi connectivity index (χ3n) is 4.60. The Hall–Kier alpha value is -1.80. The monoisotopic (exact) mass is 590 g/mol. The average molecular weight is 590 g/mol. The van der Waals surface area contributed by atoms with Crippen LogP contribution in [0.25, 0.3) is 0 Å². The number of hydrogen-bond acceptors (Lipinski definition) is 1. The van der Waals surface area contributed by atoms with Crippen LogP contribution < -0.4 is 0 Å². The van der Waals surface area contributed by atoms with Crippen molar-refractivity contribution < 1.29 is 97.0 Å². The van der Waals surface area contributed by atoms with Crippen LogP contribution >= 0.6 is 0 Å². The third-order valence-corrected chi connectivity index (χ3v) is 4.60. The van der Waals surface area contributed by atoms with Gasteiger partial charge in [-0.2, -0.15) is 92.2 Å². The van der Waals surface area contributed by atoms with Gasteiger partial charge in [-0.1, -0.05) is 6.92 Å². The quantitative estimate of drug-likeness (QED) is 0.180. The minimum absolute atomic E-state index is 0.294. The van der Waals surface area contributed by atoms with E-state index in [-0.39, 0.29) is 6.92 Å². The molecule has 1 atom stereocenters. The van der Waals surface area contributed by atoms with Gasteiger partial charge in [-0.15, -0.1) is 0 Å². The van der Waals surface area contributed by atoms with Crippen LogP contribution in [0.1, 0.15) is 13.3 Å². The first-order valence-corrected chi connectivity index (χ1v) is 8.14. The number of alkyl halides is 21. The van der Waals surface area contributed by atoms with Crippen molar-refractivity contribution in [3.05, 3.63) is 0 Å². The molecule has 0 radical (unpaired) electrons. The van der Waals surface area contributed by atoms with E-state index in [1.54, 1.807) is 0 Å². The first kappa shape index (κ1) is 34.2. The van der Waals surface area contributed by atoms with Crippen LogP contribution in [0, 0.1) is 5.92 Å². The Labute approximate surface area is 183 Å². The fourth-order valence-electron chi connectivity index (χ4n) is 2.17. The van der Waals surface area contributed by atoms with Gasteiger partial charge in [0.1, 0.15) is 6.29 Å². The average Bonchev–Trinajstić information content (AvgIpc) is 2.65. The van der Waals surface area contributed by atoms with Gasteiger partial charge in [0.15, 0.2) is 0 Å². The summed E-state index contributed by atoms with van der Waals surface area (Å²) >= 11 is 0. The van der Waals surface area contributed by atoms with Crippen molar-refractivity contribution in [2.75, 3.05) is 0 Å². The summed E-state index contributed by atoms with van der Waals surface area (Å²) < 4.78 is 276. The van der Waals surface area contributed by atoms with Crippen LogP contribution in [-0.2, 0) is 4.79 Å². The standard InChI is InChI=1S/C14H7F21O/c1-4(2-3-36)5(15,16)6(17,18)7(19,20)8(21,22)9(23,24)10(25,26)11(27,28)12(29,30)13(31,32)14(33,34)35/h3-4H,2H2,1H3. The Kier molecular flexibility index (Phi) is 8.19. The molecular weight excluding hydrogens is 583 g/mol. The number of carbonyl (C=O) groups excluding carboxylic acids is 1. The van der Waals surface area contributed by atoms with Crippen molar-refractivity contribution in [3.8, 4) is 0 Å². The van der Waals surface area contributed by atoms with Crippen molar-refractivity contribution in [2.24, 2.45) is 5.92 Å². The second-order valence-corrected chi connectivity index (χ2v) is 7.02. The van der Waals surface area contributed by atoms with E-state index in [9.17, 15) is 97.0 Å². The van der Waals surface area contributed by atoms with Crippen molar-refractivity contribution in [2.45, 2.75) is 72.8 Å². The largest absolute Gasteiger partial charge is 0.460 e. The molecule has 0 aliphatic heterocycles. The first-order valence-electron chi connectivity index (χ1n) is 8.14. The topological polar surface area (TPSA) is 17.1 Å². The summed E-state index contributed by atoms with van der Waals surface area (Å²) in [6.07, 6.45) is -10.7. The normalized spacial score (nSPS) is 17.3. The molecule has 0 amide bonds. The molecule has 0 saturated heterocycles. The fourth-order valence-corrected chi connectivity index (χ4v) is 2.17. The fraction of sp³-hybridized carbons (Fsp3) is 0.929. The van der Waals surface area contributed by atoms with Gasteiger partial charge in [-0.05, 0) is 0 Å². The Bertz CT molecular complexity index is 806. The summed E-state index contributed by atoms with van der Waals surface area (Å²) in [5, 5.41) is 0. The molecule has 0 saturated carbocycles. The van der Waals surface area contributed by atoms with E-state index >= 15 is 0 Å². The van der Waals surface area contributed by atoms with Gasteiger partial charge in [0.05, 0.1) is 0 Å². The number of hydrogen-bond donors (Lipinski definition) is 0. The van der Waals surface area contributed by atoms with Crippen molar-refractivity contribution in [1.82, 2.24) is 0 Å². The molecule has 216 valence electrons. The highest BCUT2D eigenvalue weighted by Crippen LogP contribution is 2.66. The number of halogens is 21. The van der Waals surface area contributed by atoms with E-state index in [0.29, 0.717) is 0 Å². The summed E-state index contributed by atoms with van der Waals surface area (Å²) in [7, 11) is 0.